The normalized spacial score (nSPS) is 12.2. The molecule has 0 fully saturated rings. The zero-order chi connectivity index (χ0) is 12.1. The number of aryl methyl sites for hydroxylation is 1. The topological polar surface area (TPSA) is 50.9 Å². The number of anilines is 1. The van der Waals surface area contributed by atoms with Gasteiger partial charge in [-0.25, -0.2) is 4.98 Å². The van der Waals surface area contributed by atoms with Crippen molar-refractivity contribution < 1.29 is 0 Å². The van der Waals surface area contributed by atoms with Gasteiger partial charge in [0.1, 0.15) is 10.8 Å². The summed E-state index contributed by atoms with van der Waals surface area (Å²) in [5.74, 6) is 1.88. The predicted octanol–water partition coefficient (Wildman–Crippen LogP) is 2.19. The van der Waals surface area contributed by atoms with Crippen LogP contribution in [0.25, 0.3) is 0 Å². The summed E-state index contributed by atoms with van der Waals surface area (Å²) in [6.45, 7) is 4.06. The van der Waals surface area contributed by atoms with Crippen molar-refractivity contribution in [2.75, 3.05) is 17.3 Å². The minimum atomic E-state index is 0.378. The zero-order valence-corrected chi connectivity index (χ0v) is 11.4. The van der Waals surface area contributed by atoms with Crippen LogP contribution >= 0.6 is 24.0 Å². The minimum absolute atomic E-state index is 0.378. The Balaban J connectivity index is 2.84. The highest BCUT2D eigenvalue weighted by Crippen LogP contribution is 2.12. The van der Waals surface area contributed by atoms with Crippen molar-refractivity contribution in [1.82, 2.24) is 4.98 Å². The summed E-state index contributed by atoms with van der Waals surface area (Å²) in [4.78, 5) is 4.81. The molecule has 1 heterocycles. The standard InChI is InChI=1S/C11H17N3S2/c1-7-4-9(11(12)15)5-10(13-7)14-8(2)6-16-3/h4-5,8H,6H2,1-3H3,(H2,12,15)(H,13,14). The summed E-state index contributed by atoms with van der Waals surface area (Å²) in [6, 6.07) is 4.17. The number of aromatic nitrogens is 1. The number of nitrogens with two attached hydrogens (primary N) is 1. The van der Waals surface area contributed by atoms with Crippen LogP contribution in [0.15, 0.2) is 12.1 Å². The van der Waals surface area contributed by atoms with Crippen LogP contribution in [-0.4, -0.2) is 28.0 Å². The molecule has 5 heteroatoms. The Morgan fingerprint density at radius 2 is 2.31 bits per heavy atom. The molecule has 1 rings (SSSR count). The highest BCUT2D eigenvalue weighted by Gasteiger charge is 2.05. The number of nitrogens with zero attached hydrogens (tertiary/aromatic N) is 1. The second-order valence-electron chi connectivity index (χ2n) is 3.75. The van der Waals surface area contributed by atoms with E-state index in [0.29, 0.717) is 11.0 Å². The number of nitrogens with one attached hydrogen (secondary N) is 1. The predicted molar refractivity (Wildman–Crippen MR) is 76.3 cm³/mol. The van der Waals surface area contributed by atoms with Crippen LogP contribution in [0.3, 0.4) is 0 Å². The monoisotopic (exact) mass is 255 g/mol. The number of pyridine rings is 1. The van der Waals surface area contributed by atoms with Gasteiger partial charge in [0.15, 0.2) is 0 Å². The van der Waals surface area contributed by atoms with Crippen LogP contribution in [0.2, 0.25) is 0 Å². The molecule has 0 aromatic carbocycles. The van der Waals surface area contributed by atoms with E-state index in [-0.39, 0.29) is 0 Å². The van der Waals surface area contributed by atoms with Crippen LogP contribution in [0.5, 0.6) is 0 Å². The molecule has 0 aliphatic heterocycles. The molecule has 1 aromatic rings. The van der Waals surface area contributed by atoms with Gasteiger partial charge in [0, 0.05) is 23.1 Å². The third-order valence-corrected chi connectivity index (χ3v) is 3.12. The summed E-state index contributed by atoms with van der Waals surface area (Å²) < 4.78 is 0. The number of hydrogen-bond acceptors (Lipinski definition) is 4. The molecule has 3 nitrogen and oxygen atoms in total. The van der Waals surface area contributed by atoms with Crippen LogP contribution in [0.1, 0.15) is 18.2 Å². The van der Waals surface area contributed by atoms with Gasteiger partial charge in [-0.1, -0.05) is 12.2 Å². The van der Waals surface area contributed by atoms with Gasteiger partial charge in [-0.15, -0.1) is 0 Å². The molecule has 0 radical (unpaired) electrons. The van der Waals surface area contributed by atoms with Gasteiger partial charge in [0.05, 0.1) is 0 Å². The number of hydrogen-bond donors (Lipinski definition) is 2. The summed E-state index contributed by atoms with van der Waals surface area (Å²) >= 11 is 6.77. The van der Waals surface area contributed by atoms with E-state index in [2.05, 4.69) is 23.5 Å². The summed E-state index contributed by atoms with van der Waals surface area (Å²) in [5, 5.41) is 3.33. The molecule has 0 aliphatic rings. The maximum atomic E-state index is 5.61. The van der Waals surface area contributed by atoms with E-state index in [1.807, 2.05) is 19.1 Å². The van der Waals surface area contributed by atoms with E-state index in [1.54, 1.807) is 11.8 Å². The van der Waals surface area contributed by atoms with Crippen LogP contribution < -0.4 is 11.1 Å². The van der Waals surface area contributed by atoms with Gasteiger partial charge in [0.25, 0.3) is 0 Å². The van der Waals surface area contributed by atoms with Gasteiger partial charge >= 0.3 is 0 Å². The van der Waals surface area contributed by atoms with E-state index in [9.17, 15) is 0 Å². The van der Waals surface area contributed by atoms with Crippen molar-refractivity contribution in [2.24, 2.45) is 5.73 Å². The maximum Gasteiger partial charge on any atom is 0.127 e. The molecule has 1 unspecified atom stereocenters. The van der Waals surface area contributed by atoms with Crippen molar-refractivity contribution in [2.45, 2.75) is 19.9 Å². The Morgan fingerprint density at radius 1 is 1.62 bits per heavy atom. The first-order valence-corrected chi connectivity index (χ1v) is 6.87. The van der Waals surface area contributed by atoms with E-state index < -0.39 is 0 Å². The molecule has 16 heavy (non-hydrogen) atoms. The maximum absolute atomic E-state index is 5.61. The van der Waals surface area contributed by atoms with Crippen LogP contribution in [-0.2, 0) is 0 Å². The smallest absolute Gasteiger partial charge is 0.127 e. The van der Waals surface area contributed by atoms with Gasteiger partial charge in [0.2, 0.25) is 0 Å². The van der Waals surface area contributed by atoms with Gasteiger partial charge < -0.3 is 11.1 Å². The Kier molecular flexibility index (Phi) is 5.02. The molecule has 0 aliphatic carbocycles. The average molecular weight is 255 g/mol. The van der Waals surface area contributed by atoms with Gasteiger partial charge in [-0.3, -0.25) is 0 Å². The van der Waals surface area contributed by atoms with Crippen molar-refractivity contribution >= 4 is 34.8 Å². The lowest BCUT2D eigenvalue weighted by Crippen LogP contribution is -2.19. The second kappa shape index (κ2) is 6.06. The molecular formula is C11H17N3S2. The second-order valence-corrected chi connectivity index (χ2v) is 5.10. The SMILES string of the molecule is CSCC(C)Nc1cc(C(N)=S)cc(C)n1. The van der Waals surface area contributed by atoms with Crippen molar-refractivity contribution in [3.63, 3.8) is 0 Å². The van der Waals surface area contributed by atoms with E-state index >= 15 is 0 Å². The molecule has 3 N–H and O–H groups in total. The first kappa shape index (κ1) is 13.3. The van der Waals surface area contributed by atoms with Gasteiger partial charge in [-0.2, -0.15) is 11.8 Å². The van der Waals surface area contributed by atoms with E-state index in [0.717, 1.165) is 22.8 Å². The van der Waals surface area contributed by atoms with Crippen LogP contribution in [0, 0.1) is 6.92 Å². The molecule has 1 aromatic heterocycles. The molecular weight excluding hydrogens is 238 g/mol. The van der Waals surface area contributed by atoms with Gasteiger partial charge in [-0.05, 0) is 32.2 Å². The summed E-state index contributed by atoms with van der Waals surface area (Å²) in [6.07, 6.45) is 2.09. The lowest BCUT2D eigenvalue weighted by molar-refractivity contribution is 0.900. The number of thiocarbonyl (C=S) groups is 1. The van der Waals surface area contributed by atoms with Crippen molar-refractivity contribution in [3.8, 4) is 0 Å². The zero-order valence-electron chi connectivity index (χ0n) is 9.78. The largest absolute Gasteiger partial charge is 0.389 e. The summed E-state index contributed by atoms with van der Waals surface area (Å²) in [7, 11) is 0. The molecule has 0 amide bonds. The Hall–Kier alpha value is -0.810. The van der Waals surface area contributed by atoms with Crippen LogP contribution in [0.4, 0.5) is 5.82 Å². The molecule has 1 atom stereocenters. The van der Waals surface area contributed by atoms with E-state index in [1.165, 1.54) is 0 Å². The average Bonchev–Trinajstić information content (AvgIpc) is 2.16. The number of thioether (sulfide) groups is 1. The highest BCUT2D eigenvalue weighted by molar-refractivity contribution is 7.98. The fourth-order valence-electron chi connectivity index (χ4n) is 1.43. The number of rotatable bonds is 5. The highest BCUT2D eigenvalue weighted by atomic mass is 32.2. The molecule has 0 spiro atoms. The Morgan fingerprint density at radius 3 is 2.88 bits per heavy atom. The molecule has 0 bridgehead atoms. The lowest BCUT2D eigenvalue weighted by Gasteiger charge is -2.14. The third kappa shape index (κ3) is 3.98. The van der Waals surface area contributed by atoms with E-state index in [4.69, 9.17) is 18.0 Å². The fraction of sp³-hybridized carbons (Fsp3) is 0.455. The molecule has 0 saturated carbocycles. The van der Waals surface area contributed by atoms with Crippen molar-refractivity contribution in [3.05, 3.63) is 23.4 Å². The first-order valence-electron chi connectivity index (χ1n) is 5.07. The minimum Gasteiger partial charge on any atom is -0.389 e. The molecule has 88 valence electrons. The Labute approximate surface area is 106 Å². The third-order valence-electron chi connectivity index (χ3n) is 2.05. The first-order chi connectivity index (χ1) is 7.52. The van der Waals surface area contributed by atoms with Crippen molar-refractivity contribution in [1.29, 1.82) is 0 Å². The fourth-order valence-corrected chi connectivity index (χ4v) is 2.13. The Bertz CT molecular complexity index is 379. The summed E-state index contributed by atoms with van der Waals surface area (Å²) in [5.41, 5.74) is 7.40. The lowest BCUT2D eigenvalue weighted by atomic mass is 10.2. The molecule has 0 saturated heterocycles. The quantitative estimate of drug-likeness (QED) is 0.790.